The van der Waals surface area contributed by atoms with Crippen molar-refractivity contribution in [3.8, 4) is 5.75 Å². The van der Waals surface area contributed by atoms with Gasteiger partial charge in [-0.15, -0.1) is 0 Å². The van der Waals surface area contributed by atoms with Gasteiger partial charge in [0.15, 0.2) is 0 Å². The molecule has 1 aliphatic rings. The molecule has 1 aromatic rings. The minimum atomic E-state index is 0.436. The standard InChI is InChI=1S/C10H12ClNO/c11-9-1-2-10-8(4-9)3-7(5-12)6-13-10/h1-2,4,7H,3,5-6,12H2/t7-/m1/s1. The zero-order chi connectivity index (χ0) is 9.26. The van der Waals surface area contributed by atoms with Gasteiger partial charge in [-0.3, -0.25) is 0 Å². The molecule has 0 saturated carbocycles. The Morgan fingerprint density at radius 2 is 2.38 bits per heavy atom. The highest BCUT2D eigenvalue weighted by atomic mass is 35.5. The van der Waals surface area contributed by atoms with Gasteiger partial charge >= 0.3 is 0 Å². The molecule has 0 aromatic heterocycles. The maximum atomic E-state index is 5.88. The van der Waals surface area contributed by atoms with Gasteiger partial charge in [-0.2, -0.15) is 0 Å². The highest BCUT2D eigenvalue weighted by molar-refractivity contribution is 6.30. The SMILES string of the molecule is NC[C@@H]1COc2ccc(Cl)cc2C1. The highest BCUT2D eigenvalue weighted by Gasteiger charge is 2.18. The minimum Gasteiger partial charge on any atom is -0.493 e. The zero-order valence-corrected chi connectivity index (χ0v) is 8.05. The first-order chi connectivity index (χ1) is 6.29. The van der Waals surface area contributed by atoms with E-state index >= 15 is 0 Å². The number of benzene rings is 1. The van der Waals surface area contributed by atoms with E-state index < -0.39 is 0 Å². The first-order valence-corrected chi connectivity index (χ1v) is 4.78. The van der Waals surface area contributed by atoms with Crippen molar-refractivity contribution in [2.45, 2.75) is 6.42 Å². The van der Waals surface area contributed by atoms with Crippen LogP contribution in [0.3, 0.4) is 0 Å². The first-order valence-electron chi connectivity index (χ1n) is 4.41. The fourth-order valence-electron chi connectivity index (χ4n) is 1.58. The van der Waals surface area contributed by atoms with Crippen LogP contribution in [0.25, 0.3) is 0 Å². The van der Waals surface area contributed by atoms with E-state index in [0.717, 1.165) is 23.8 Å². The summed E-state index contributed by atoms with van der Waals surface area (Å²) in [5.74, 6) is 1.39. The van der Waals surface area contributed by atoms with Crippen molar-refractivity contribution in [1.29, 1.82) is 0 Å². The number of rotatable bonds is 1. The number of fused-ring (bicyclic) bond motifs is 1. The number of hydrogen-bond acceptors (Lipinski definition) is 2. The van der Waals surface area contributed by atoms with Crippen molar-refractivity contribution in [3.05, 3.63) is 28.8 Å². The second kappa shape index (κ2) is 3.56. The molecule has 3 heteroatoms. The quantitative estimate of drug-likeness (QED) is 0.746. The predicted molar refractivity (Wildman–Crippen MR) is 53.2 cm³/mol. The van der Waals surface area contributed by atoms with Gasteiger partial charge in [0, 0.05) is 10.9 Å². The van der Waals surface area contributed by atoms with Gasteiger partial charge in [-0.25, -0.2) is 0 Å². The van der Waals surface area contributed by atoms with E-state index in [2.05, 4.69) is 0 Å². The smallest absolute Gasteiger partial charge is 0.122 e. The molecule has 0 aliphatic carbocycles. The van der Waals surface area contributed by atoms with Crippen LogP contribution < -0.4 is 10.5 Å². The lowest BCUT2D eigenvalue weighted by atomic mass is 9.97. The lowest BCUT2D eigenvalue weighted by molar-refractivity contribution is 0.226. The summed E-state index contributed by atoms with van der Waals surface area (Å²) in [4.78, 5) is 0. The fraction of sp³-hybridized carbons (Fsp3) is 0.400. The summed E-state index contributed by atoms with van der Waals surface area (Å²) in [7, 11) is 0. The van der Waals surface area contributed by atoms with Crippen LogP contribution in [-0.4, -0.2) is 13.2 Å². The Balaban J connectivity index is 2.27. The topological polar surface area (TPSA) is 35.2 Å². The average Bonchev–Trinajstić information content (AvgIpc) is 2.16. The molecule has 1 aliphatic heterocycles. The Kier molecular flexibility index (Phi) is 2.42. The van der Waals surface area contributed by atoms with E-state index in [9.17, 15) is 0 Å². The molecule has 2 rings (SSSR count). The van der Waals surface area contributed by atoms with E-state index in [4.69, 9.17) is 22.1 Å². The molecule has 0 bridgehead atoms. The summed E-state index contributed by atoms with van der Waals surface area (Å²) in [5, 5.41) is 0.764. The molecule has 0 spiro atoms. The number of nitrogens with two attached hydrogens (primary N) is 1. The van der Waals surface area contributed by atoms with Crippen LogP contribution in [0.4, 0.5) is 0 Å². The van der Waals surface area contributed by atoms with Gasteiger partial charge < -0.3 is 10.5 Å². The molecule has 2 nitrogen and oxygen atoms in total. The molecule has 0 unspecified atom stereocenters. The van der Waals surface area contributed by atoms with Gasteiger partial charge in [-0.1, -0.05) is 11.6 Å². The number of hydrogen-bond donors (Lipinski definition) is 1. The summed E-state index contributed by atoms with van der Waals surface area (Å²) >= 11 is 5.88. The molecule has 0 saturated heterocycles. The van der Waals surface area contributed by atoms with Crippen molar-refractivity contribution >= 4 is 11.6 Å². The summed E-state index contributed by atoms with van der Waals surface area (Å²) in [6.45, 7) is 1.40. The molecule has 1 atom stereocenters. The Labute approximate surface area is 82.6 Å². The van der Waals surface area contributed by atoms with Gasteiger partial charge in [0.2, 0.25) is 0 Å². The zero-order valence-electron chi connectivity index (χ0n) is 7.29. The second-order valence-corrected chi connectivity index (χ2v) is 3.81. The summed E-state index contributed by atoms with van der Waals surface area (Å²) < 4.78 is 5.54. The van der Waals surface area contributed by atoms with E-state index in [0.29, 0.717) is 12.5 Å². The van der Waals surface area contributed by atoms with E-state index in [1.54, 1.807) is 0 Å². The van der Waals surface area contributed by atoms with Crippen LogP contribution in [0.15, 0.2) is 18.2 Å². The lowest BCUT2D eigenvalue weighted by Crippen LogP contribution is -2.27. The van der Waals surface area contributed by atoms with Crippen LogP contribution in [0.5, 0.6) is 5.75 Å². The van der Waals surface area contributed by atoms with Crippen molar-refractivity contribution in [2.24, 2.45) is 11.7 Å². The van der Waals surface area contributed by atoms with Crippen LogP contribution >= 0.6 is 11.6 Å². The van der Waals surface area contributed by atoms with Gasteiger partial charge in [-0.05, 0) is 36.7 Å². The Morgan fingerprint density at radius 1 is 1.54 bits per heavy atom. The van der Waals surface area contributed by atoms with Gasteiger partial charge in [0.05, 0.1) is 6.61 Å². The maximum Gasteiger partial charge on any atom is 0.122 e. The number of halogens is 1. The molecule has 0 fully saturated rings. The van der Waals surface area contributed by atoms with Gasteiger partial charge in [0.1, 0.15) is 5.75 Å². The monoisotopic (exact) mass is 197 g/mol. The van der Waals surface area contributed by atoms with E-state index in [1.165, 1.54) is 5.56 Å². The van der Waals surface area contributed by atoms with Crippen molar-refractivity contribution in [3.63, 3.8) is 0 Å². The minimum absolute atomic E-state index is 0.436. The summed E-state index contributed by atoms with van der Waals surface area (Å²) in [6.07, 6.45) is 0.979. The van der Waals surface area contributed by atoms with Crippen LogP contribution in [0, 0.1) is 5.92 Å². The molecule has 0 radical (unpaired) electrons. The highest BCUT2D eigenvalue weighted by Crippen LogP contribution is 2.29. The third-order valence-electron chi connectivity index (χ3n) is 2.34. The normalized spacial score (nSPS) is 20.6. The Morgan fingerprint density at radius 3 is 3.15 bits per heavy atom. The van der Waals surface area contributed by atoms with E-state index in [-0.39, 0.29) is 0 Å². The molecule has 1 heterocycles. The predicted octanol–water partition coefficient (Wildman–Crippen LogP) is 1.85. The Hall–Kier alpha value is -0.730. The van der Waals surface area contributed by atoms with E-state index in [1.807, 2.05) is 18.2 Å². The summed E-state index contributed by atoms with van der Waals surface area (Å²) in [5.41, 5.74) is 6.76. The first kappa shape index (κ1) is 8.85. The molecule has 1 aromatic carbocycles. The second-order valence-electron chi connectivity index (χ2n) is 3.37. The molecular weight excluding hydrogens is 186 g/mol. The Bertz CT molecular complexity index is 314. The fourth-order valence-corrected chi connectivity index (χ4v) is 1.77. The van der Waals surface area contributed by atoms with Gasteiger partial charge in [0.25, 0.3) is 0 Å². The summed E-state index contributed by atoms with van der Waals surface area (Å²) in [6, 6.07) is 5.73. The van der Waals surface area contributed by atoms with Crippen LogP contribution in [0.2, 0.25) is 5.02 Å². The molecular formula is C10H12ClNO. The third kappa shape index (κ3) is 1.79. The molecule has 2 N–H and O–H groups in total. The molecule has 13 heavy (non-hydrogen) atoms. The van der Waals surface area contributed by atoms with Crippen LogP contribution in [0.1, 0.15) is 5.56 Å². The van der Waals surface area contributed by atoms with Crippen molar-refractivity contribution < 1.29 is 4.74 Å². The number of ether oxygens (including phenoxy) is 1. The lowest BCUT2D eigenvalue weighted by Gasteiger charge is -2.24. The van der Waals surface area contributed by atoms with Crippen molar-refractivity contribution in [1.82, 2.24) is 0 Å². The maximum absolute atomic E-state index is 5.88. The molecule has 0 amide bonds. The van der Waals surface area contributed by atoms with Crippen molar-refractivity contribution in [2.75, 3.05) is 13.2 Å². The average molecular weight is 198 g/mol. The van der Waals surface area contributed by atoms with Crippen LogP contribution in [-0.2, 0) is 6.42 Å². The largest absolute Gasteiger partial charge is 0.493 e. The third-order valence-corrected chi connectivity index (χ3v) is 2.57. The molecule has 70 valence electrons.